The average molecular weight is 315 g/mol. The lowest BCUT2D eigenvalue weighted by atomic mass is 10.1. The minimum Gasteiger partial charge on any atom is -0.354 e. The van der Waals surface area contributed by atoms with Crippen LogP contribution in [-0.2, 0) is 19.5 Å². The third-order valence-corrected chi connectivity index (χ3v) is 4.41. The largest absolute Gasteiger partial charge is 0.354 e. The normalized spacial score (nSPS) is 13.2. The molecule has 0 spiro atoms. The van der Waals surface area contributed by atoms with E-state index in [1.54, 1.807) is 18.9 Å². The van der Waals surface area contributed by atoms with Crippen LogP contribution in [0.3, 0.4) is 0 Å². The number of amides is 1. The van der Waals surface area contributed by atoms with Crippen LogP contribution >= 0.6 is 0 Å². The quantitative estimate of drug-likeness (QED) is 0.869. The molecule has 3 rings (SSSR count). The molecular formula is C16H21N5O2. The van der Waals surface area contributed by atoms with Crippen LogP contribution < -0.4 is 0 Å². The predicted octanol–water partition coefficient (Wildman–Crippen LogP) is 1.64. The summed E-state index contributed by atoms with van der Waals surface area (Å²) in [4.78, 5) is 29.1. The molecule has 0 atom stereocenters. The number of hydrogen-bond donors (Lipinski definition) is 1. The molecule has 0 bridgehead atoms. The highest BCUT2D eigenvalue weighted by atomic mass is 16.2. The van der Waals surface area contributed by atoms with Crippen LogP contribution in [0.25, 0.3) is 0 Å². The van der Waals surface area contributed by atoms with Crippen LogP contribution in [0.4, 0.5) is 0 Å². The van der Waals surface area contributed by atoms with Crippen molar-refractivity contribution < 1.29 is 9.59 Å². The molecule has 1 aliphatic heterocycles. The van der Waals surface area contributed by atoms with Crippen molar-refractivity contribution in [1.29, 1.82) is 0 Å². The van der Waals surface area contributed by atoms with Gasteiger partial charge in [0.1, 0.15) is 11.5 Å². The maximum Gasteiger partial charge on any atom is 0.270 e. The third kappa shape index (κ3) is 2.56. The number of hydrogen-bond acceptors (Lipinski definition) is 4. The molecule has 7 heteroatoms. The van der Waals surface area contributed by atoms with Crippen molar-refractivity contribution >= 4 is 11.7 Å². The van der Waals surface area contributed by atoms with Gasteiger partial charge in [-0.1, -0.05) is 0 Å². The van der Waals surface area contributed by atoms with Crippen molar-refractivity contribution in [3.63, 3.8) is 0 Å². The van der Waals surface area contributed by atoms with E-state index < -0.39 is 0 Å². The van der Waals surface area contributed by atoms with Crippen LogP contribution in [0.2, 0.25) is 0 Å². The predicted molar refractivity (Wildman–Crippen MR) is 84.4 cm³/mol. The number of nitrogens with zero attached hydrogens (tertiary/aromatic N) is 4. The SMILES string of the molecule is CC(=O)c1c(C)[nH]c(C(=O)N(C)Cc2nnc3n2CCC3)c1C. The van der Waals surface area contributed by atoms with E-state index in [9.17, 15) is 9.59 Å². The first-order valence-electron chi connectivity index (χ1n) is 7.76. The first-order valence-corrected chi connectivity index (χ1v) is 7.76. The van der Waals surface area contributed by atoms with E-state index >= 15 is 0 Å². The van der Waals surface area contributed by atoms with Gasteiger partial charge in [0, 0.05) is 31.3 Å². The summed E-state index contributed by atoms with van der Waals surface area (Å²) in [5, 5.41) is 8.35. The first-order chi connectivity index (χ1) is 10.9. The Morgan fingerprint density at radius 1 is 1.30 bits per heavy atom. The van der Waals surface area contributed by atoms with Gasteiger partial charge in [0.05, 0.1) is 6.54 Å². The Balaban J connectivity index is 1.83. The number of Topliss-reactive ketones (excluding diaryl/α,β-unsaturated/α-hetero) is 1. The Morgan fingerprint density at radius 3 is 2.70 bits per heavy atom. The van der Waals surface area contributed by atoms with Gasteiger partial charge in [0.15, 0.2) is 11.6 Å². The molecule has 0 saturated carbocycles. The van der Waals surface area contributed by atoms with Gasteiger partial charge in [-0.15, -0.1) is 10.2 Å². The summed E-state index contributed by atoms with van der Waals surface area (Å²) in [6, 6.07) is 0. The fraction of sp³-hybridized carbons (Fsp3) is 0.500. The molecule has 0 saturated heterocycles. The van der Waals surface area contributed by atoms with E-state index in [4.69, 9.17) is 0 Å². The van der Waals surface area contributed by atoms with Gasteiger partial charge in [-0.25, -0.2) is 0 Å². The van der Waals surface area contributed by atoms with Crippen LogP contribution in [0, 0.1) is 13.8 Å². The highest BCUT2D eigenvalue weighted by Crippen LogP contribution is 2.21. The number of carbonyl (C=O) groups is 2. The summed E-state index contributed by atoms with van der Waals surface area (Å²) in [6.45, 7) is 6.44. The summed E-state index contributed by atoms with van der Waals surface area (Å²) in [5.41, 5.74) is 2.51. The number of fused-ring (bicyclic) bond motifs is 1. The molecule has 0 aromatic carbocycles. The second-order valence-electron chi connectivity index (χ2n) is 6.13. The molecule has 1 N–H and O–H groups in total. The lowest BCUT2D eigenvalue weighted by Crippen LogP contribution is -2.28. The number of aryl methyl sites for hydroxylation is 2. The number of ketones is 1. The summed E-state index contributed by atoms with van der Waals surface area (Å²) >= 11 is 0. The minimum atomic E-state index is -0.145. The van der Waals surface area contributed by atoms with Crippen LogP contribution in [0.1, 0.15) is 57.1 Å². The van der Waals surface area contributed by atoms with Crippen molar-refractivity contribution in [2.24, 2.45) is 0 Å². The van der Waals surface area contributed by atoms with Crippen molar-refractivity contribution in [2.45, 2.75) is 46.7 Å². The highest BCUT2D eigenvalue weighted by molar-refractivity contribution is 6.02. The number of aromatic nitrogens is 4. The molecule has 1 aliphatic rings. The second kappa shape index (κ2) is 5.64. The second-order valence-corrected chi connectivity index (χ2v) is 6.13. The first kappa shape index (κ1) is 15.5. The summed E-state index contributed by atoms with van der Waals surface area (Å²) in [5.74, 6) is 1.62. The van der Waals surface area contributed by atoms with E-state index in [0.717, 1.165) is 36.7 Å². The number of aromatic amines is 1. The van der Waals surface area contributed by atoms with Gasteiger partial charge in [-0.3, -0.25) is 9.59 Å². The zero-order valence-electron chi connectivity index (χ0n) is 13.9. The van der Waals surface area contributed by atoms with E-state index in [2.05, 4.69) is 19.7 Å². The number of H-pyrrole nitrogens is 1. The molecule has 7 nitrogen and oxygen atoms in total. The molecule has 0 unspecified atom stereocenters. The molecule has 0 aliphatic carbocycles. The Morgan fingerprint density at radius 2 is 2.04 bits per heavy atom. The summed E-state index contributed by atoms with van der Waals surface area (Å²) in [6.07, 6.45) is 2.02. The fourth-order valence-electron chi connectivity index (χ4n) is 3.29. The van der Waals surface area contributed by atoms with Crippen molar-refractivity contribution in [3.8, 4) is 0 Å². The van der Waals surface area contributed by atoms with E-state index in [0.29, 0.717) is 23.4 Å². The maximum absolute atomic E-state index is 12.7. The third-order valence-electron chi connectivity index (χ3n) is 4.41. The van der Waals surface area contributed by atoms with Gasteiger partial charge in [0.25, 0.3) is 5.91 Å². The fourth-order valence-corrected chi connectivity index (χ4v) is 3.29. The number of carbonyl (C=O) groups excluding carboxylic acids is 2. The topological polar surface area (TPSA) is 83.9 Å². The lowest BCUT2D eigenvalue weighted by Gasteiger charge is -2.16. The number of nitrogens with one attached hydrogen (secondary N) is 1. The van der Waals surface area contributed by atoms with Crippen LogP contribution in [-0.4, -0.2) is 43.4 Å². The van der Waals surface area contributed by atoms with Crippen molar-refractivity contribution in [1.82, 2.24) is 24.6 Å². The van der Waals surface area contributed by atoms with E-state index in [-0.39, 0.29) is 11.7 Å². The van der Waals surface area contributed by atoms with Gasteiger partial charge in [-0.2, -0.15) is 0 Å². The van der Waals surface area contributed by atoms with Crippen molar-refractivity contribution in [2.75, 3.05) is 7.05 Å². The van der Waals surface area contributed by atoms with Gasteiger partial charge < -0.3 is 14.5 Å². The summed E-state index contributed by atoms with van der Waals surface area (Å²) in [7, 11) is 1.74. The zero-order chi connectivity index (χ0) is 16.7. The Kier molecular flexibility index (Phi) is 3.79. The Bertz CT molecular complexity index is 787. The Labute approximate surface area is 134 Å². The molecule has 23 heavy (non-hydrogen) atoms. The lowest BCUT2D eigenvalue weighted by molar-refractivity contribution is 0.0774. The average Bonchev–Trinajstić information content (AvgIpc) is 3.14. The van der Waals surface area contributed by atoms with E-state index in [1.165, 1.54) is 6.92 Å². The standard InChI is InChI=1S/C16H21N5O2/c1-9-14(11(3)22)10(2)17-15(9)16(23)20(4)8-13-19-18-12-6-5-7-21(12)13/h17H,5-8H2,1-4H3. The van der Waals surface area contributed by atoms with Gasteiger partial charge in [-0.05, 0) is 32.8 Å². The Hall–Kier alpha value is -2.44. The molecule has 3 heterocycles. The molecule has 0 radical (unpaired) electrons. The molecule has 2 aromatic rings. The molecule has 122 valence electrons. The smallest absolute Gasteiger partial charge is 0.270 e. The highest BCUT2D eigenvalue weighted by Gasteiger charge is 2.24. The van der Waals surface area contributed by atoms with Gasteiger partial charge >= 0.3 is 0 Å². The zero-order valence-corrected chi connectivity index (χ0v) is 13.9. The van der Waals surface area contributed by atoms with E-state index in [1.807, 2.05) is 6.92 Å². The maximum atomic E-state index is 12.7. The molecule has 2 aromatic heterocycles. The summed E-state index contributed by atoms with van der Waals surface area (Å²) < 4.78 is 2.08. The number of rotatable bonds is 4. The van der Waals surface area contributed by atoms with Crippen molar-refractivity contribution in [3.05, 3.63) is 34.2 Å². The molecule has 0 fully saturated rings. The van der Waals surface area contributed by atoms with Gasteiger partial charge in [0.2, 0.25) is 0 Å². The molecule has 1 amide bonds. The van der Waals surface area contributed by atoms with Crippen LogP contribution in [0.15, 0.2) is 0 Å². The monoisotopic (exact) mass is 315 g/mol. The van der Waals surface area contributed by atoms with Crippen LogP contribution in [0.5, 0.6) is 0 Å². The molecular weight excluding hydrogens is 294 g/mol. The minimum absolute atomic E-state index is 0.0340.